The number of halogens is 2. The molecular weight excluding hydrogens is 540 g/mol. The lowest BCUT2D eigenvalue weighted by atomic mass is 10.0. The maximum Gasteiger partial charge on any atom is 0.410 e. The van der Waals surface area contributed by atoms with Crippen molar-refractivity contribution in [2.45, 2.75) is 38.5 Å². The SMILES string of the molecule is CC(C)(C)OC(=O)N1CCN2C(NCC(c3cccc(F)c3)N3CCOCC3)=NCC2C1.I. The Hall–Kier alpha value is -1.66. The number of aliphatic imine (C=N–C) groups is 1. The number of ether oxygens (including phenoxy) is 2. The second-order valence-corrected chi connectivity index (χ2v) is 9.54. The fraction of sp³-hybridized carbons (Fsp3) is 0.652. The molecular formula is C23H35FIN5O3. The van der Waals surface area contributed by atoms with Crippen molar-refractivity contribution in [1.29, 1.82) is 0 Å². The van der Waals surface area contributed by atoms with Gasteiger partial charge in [-0.1, -0.05) is 12.1 Å². The number of rotatable bonds is 4. The van der Waals surface area contributed by atoms with E-state index in [0.717, 1.165) is 24.6 Å². The zero-order chi connectivity index (χ0) is 22.7. The molecule has 1 aromatic carbocycles. The van der Waals surface area contributed by atoms with E-state index in [9.17, 15) is 9.18 Å². The van der Waals surface area contributed by atoms with Gasteiger partial charge in [-0.3, -0.25) is 9.89 Å². The van der Waals surface area contributed by atoms with Gasteiger partial charge in [0.25, 0.3) is 0 Å². The van der Waals surface area contributed by atoms with Crippen molar-refractivity contribution < 1.29 is 18.7 Å². The van der Waals surface area contributed by atoms with Crippen molar-refractivity contribution in [3.63, 3.8) is 0 Å². The second-order valence-electron chi connectivity index (χ2n) is 9.54. The molecule has 2 unspecified atom stereocenters. The fourth-order valence-electron chi connectivity index (χ4n) is 4.47. The van der Waals surface area contributed by atoms with Crippen LogP contribution in [0.4, 0.5) is 9.18 Å². The number of nitrogens with zero attached hydrogens (tertiary/aromatic N) is 4. The molecule has 8 nitrogen and oxygen atoms in total. The summed E-state index contributed by atoms with van der Waals surface area (Å²) in [4.78, 5) is 23.5. The highest BCUT2D eigenvalue weighted by Crippen LogP contribution is 2.23. The van der Waals surface area contributed by atoms with Gasteiger partial charge in [0.1, 0.15) is 11.4 Å². The topological polar surface area (TPSA) is 69.6 Å². The number of hydrogen-bond donors (Lipinski definition) is 1. The number of carbonyl (C=O) groups is 1. The highest BCUT2D eigenvalue weighted by atomic mass is 127. The average Bonchev–Trinajstić information content (AvgIpc) is 3.16. The third-order valence-electron chi connectivity index (χ3n) is 6.03. The number of piperazine rings is 1. The number of benzene rings is 1. The summed E-state index contributed by atoms with van der Waals surface area (Å²) in [5.41, 5.74) is 0.447. The van der Waals surface area contributed by atoms with Crippen LogP contribution < -0.4 is 5.32 Å². The summed E-state index contributed by atoms with van der Waals surface area (Å²) in [7, 11) is 0. The molecule has 1 N–H and O–H groups in total. The summed E-state index contributed by atoms with van der Waals surface area (Å²) >= 11 is 0. The summed E-state index contributed by atoms with van der Waals surface area (Å²) in [6.45, 7) is 11.8. The highest BCUT2D eigenvalue weighted by molar-refractivity contribution is 14.0. The molecule has 1 amide bonds. The molecule has 0 aliphatic carbocycles. The standard InChI is InChI=1S/C23H34FN5O3.HI/c1-23(2,3)32-22(30)28-7-8-29-19(16-28)14-25-21(29)26-15-20(27-9-11-31-12-10-27)17-5-4-6-18(24)13-17;/h4-6,13,19-20H,7-12,14-16H2,1-3H3,(H,25,26);1H. The number of hydrogen-bond acceptors (Lipinski definition) is 7. The molecule has 2 atom stereocenters. The van der Waals surface area contributed by atoms with Crippen LogP contribution in [0.2, 0.25) is 0 Å². The van der Waals surface area contributed by atoms with Crippen LogP contribution in [0, 0.1) is 5.82 Å². The monoisotopic (exact) mass is 575 g/mol. The van der Waals surface area contributed by atoms with Crippen LogP contribution >= 0.6 is 24.0 Å². The smallest absolute Gasteiger partial charge is 0.410 e. The van der Waals surface area contributed by atoms with Gasteiger partial charge in [0.05, 0.1) is 31.8 Å². The molecule has 3 aliphatic rings. The molecule has 2 fully saturated rings. The molecule has 2 saturated heterocycles. The van der Waals surface area contributed by atoms with Gasteiger partial charge in [-0.25, -0.2) is 9.18 Å². The van der Waals surface area contributed by atoms with Gasteiger partial charge in [-0.2, -0.15) is 0 Å². The van der Waals surface area contributed by atoms with E-state index < -0.39 is 5.60 Å². The summed E-state index contributed by atoms with van der Waals surface area (Å²) in [5, 5.41) is 3.51. The van der Waals surface area contributed by atoms with E-state index in [0.29, 0.717) is 45.9 Å². The first-order chi connectivity index (χ1) is 15.3. The van der Waals surface area contributed by atoms with Gasteiger partial charge in [0.15, 0.2) is 5.96 Å². The summed E-state index contributed by atoms with van der Waals surface area (Å²) in [6.07, 6.45) is -0.267. The van der Waals surface area contributed by atoms with Crippen LogP contribution in [0.15, 0.2) is 29.3 Å². The van der Waals surface area contributed by atoms with Crippen LogP contribution in [0.3, 0.4) is 0 Å². The van der Waals surface area contributed by atoms with Crippen LogP contribution in [0.5, 0.6) is 0 Å². The Morgan fingerprint density at radius 2 is 2.03 bits per heavy atom. The van der Waals surface area contributed by atoms with Crippen molar-refractivity contribution in [1.82, 2.24) is 20.0 Å². The predicted octanol–water partition coefficient (Wildman–Crippen LogP) is 2.70. The van der Waals surface area contributed by atoms with Gasteiger partial charge in [0, 0.05) is 39.3 Å². The number of guanidine groups is 1. The van der Waals surface area contributed by atoms with Gasteiger partial charge in [-0.15, -0.1) is 24.0 Å². The molecule has 3 heterocycles. The van der Waals surface area contributed by atoms with Crippen LogP contribution in [0.25, 0.3) is 0 Å². The molecule has 0 radical (unpaired) electrons. The quantitative estimate of drug-likeness (QED) is 0.558. The fourth-order valence-corrected chi connectivity index (χ4v) is 4.47. The largest absolute Gasteiger partial charge is 0.444 e. The molecule has 10 heteroatoms. The number of amides is 1. The Morgan fingerprint density at radius 3 is 2.73 bits per heavy atom. The Balaban J connectivity index is 0.00000306. The van der Waals surface area contributed by atoms with Gasteiger partial charge in [0.2, 0.25) is 0 Å². The predicted molar refractivity (Wildman–Crippen MR) is 136 cm³/mol. The lowest BCUT2D eigenvalue weighted by molar-refractivity contribution is 0.0129. The van der Waals surface area contributed by atoms with Crippen LogP contribution in [-0.4, -0.2) is 97.4 Å². The Kier molecular flexibility index (Phi) is 8.79. The molecule has 0 aromatic heterocycles. The van der Waals surface area contributed by atoms with Gasteiger partial charge >= 0.3 is 6.09 Å². The Bertz CT molecular complexity index is 844. The highest BCUT2D eigenvalue weighted by Gasteiger charge is 2.36. The van der Waals surface area contributed by atoms with E-state index in [1.165, 1.54) is 6.07 Å². The van der Waals surface area contributed by atoms with E-state index in [2.05, 4.69) is 15.1 Å². The molecule has 0 bridgehead atoms. The minimum absolute atomic E-state index is 0. The first-order valence-electron chi connectivity index (χ1n) is 11.4. The zero-order valence-corrected chi connectivity index (χ0v) is 22.0. The molecule has 3 aliphatic heterocycles. The first-order valence-corrected chi connectivity index (χ1v) is 11.4. The average molecular weight is 575 g/mol. The van der Waals surface area contributed by atoms with Crippen molar-refractivity contribution in [2.24, 2.45) is 4.99 Å². The third kappa shape index (κ3) is 6.69. The summed E-state index contributed by atoms with van der Waals surface area (Å²) < 4.78 is 25.0. The van der Waals surface area contributed by atoms with Gasteiger partial charge < -0.3 is 24.6 Å². The molecule has 1 aromatic rings. The maximum atomic E-state index is 13.9. The lowest BCUT2D eigenvalue weighted by Gasteiger charge is -2.40. The zero-order valence-electron chi connectivity index (χ0n) is 19.6. The van der Waals surface area contributed by atoms with Crippen molar-refractivity contribution in [3.8, 4) is 0 Å². The van der Waals surface area contributed by atoms with E-state index >= 15 is 0 Å². The van der Waals surface area contributed by atoms with Crippen molar-refractivity contribution in [3.05, 3.63) is 35.6 Å². The van der Waals surface area contributed by atoms with E-state index in [-0.39, 0.29) is 48.0 Å². The number of nitrogens with one attached hydrogen (secondary N) is 1. The Morgan fingerprint density at radius 1 is 1.27 bits per heavy atom. The van der Waals surface area contributed by atoms with E-state index in [4.69, 9.17) is 14.5 Å². The lowest BCUT2D eigenvalue weighted by Crippen LogP contribution is -2.58. The van der Waals surface area contributed by atoms with Crippen LogP contribution in [0.1, 0.15) is 32.4 Å². The van der Waals surface area contributed by atoms with E-state index in [1.54, 1.807) is 17.0 Å². The van der Waals surface area contributed by atoms with E-state index in [1.807, 2.05) is 26.8 Å². The van der Waals surface area contributed by atoms with Crippen molar-refractivity contribution in [2.75, 3.05) is 59.0 Å². The second kappa shape index (κ2) is 11.2. The van der Waals surface area contributed by atoms with Crippen LogP contribution in [-0.2, 0) is 9.47 Å². The normalized spacial score (nSPS) is 22.2. The number of fused-ring (bicyclic) bond motifs is 1. The maximum absolute atomic E-state index is 13.9. The molecule has 4 rings (SSSR count). The number of carbonyl (C=O) groups excluding carboxylic acids is 1. The summed E-state index contributed by atoms with van der Waals surface area (Å²) in [5.74, 6) is 0.630. The number of morpholine rings is 1. The van der Waals surface area contributed by atoms with Gasteiger partial charge in [-0.05, 0) is 38.5 Å². The molecule has 33 heavy (non-hydrogen) atoms. The third-order valence-corrected chi connectivity index (χ3v) is 6.03. The minimum Gasteiger partial charge on any atom is -0.444 e. The molecule has 0 spiro atoms. The molecule has 184 valence electrons. The summed E-state index contributed by atoms with van der Waals surface area (Å²) in [6, 6.07) is 7.00. The minimum atomic E-state index is -0.501. The Labute approximate surface area is 212 Å². The molecule has 0 saturated carbocycles. The first kappa shape index (κ1) is 26.0. The van der Waals surface area contributed by atoms with Crippen molar-refractivity contribution >= 4 is 36.0 Å².